The van der Waals surface area contributed by atoms with Gasteiger partial charge in [-0.05, 0) is 13.3 Å². The van der Waals surface area contributed by atoms with E-state index in [4.69, 9.17) is 4.74 Å². The van der Waals surface area contributed by atoms with E-state index in [1.54, 1.807) is 0 Å². The van der Waals surface area contributed by atoms with Crippen molar-refractivity contribution >= 4 is 17.8 Å². The maximum absolute atomic E-state index is 5.36. The molecule has 0 amide bonds. The maximum atomic E-state index is 5.36. The standard InChI is InChI=1S/C13H24N6O/c1-4-5-10(2)15-12-16-11(14-3)17-13(18-12)19-6-8-20-9-7-19/h10H,4-9H2,1-3H3,(H2,14,15,16,17,18). The zero-order valence-corrected chi connectivity index (χ0v) is 12.5. The van der Waals surface area contributed by atoms with Gasteiger partial charge in [-0.2, -0.15) is 15.0 Å². The minimum absolute atomic E-state index is 0.352. The summed E-state index contributed by atoms with van der Waals surface area (Å²) in [4.78, 5) is 15.4. The van der Waals surface area contributed by atoms with Crippen molar-refractivity contribution in [3.05, 3.63) is 0 Å². The van der Waals surface area contributed by atoms with E-state index in [0.717, 1.165) is 39.1 Å². The third kappa shape index (κ3) is 3.93. The molecule has 1 atom stereocenters. The highest BCUT2D eigenvalue weighted by Gasteiger charge is 2.16. The zero-order valence-electron chi connectivity index (χ0n) is 12.5. The number of nitrogens with zero attached hydrogens (tertiary/aromatic N) is 4. The Morgan fingerprint density at radius 1 is 1.20 bits per heavy atom. The molecule has 7 nitrogen and oxygen atoms in total. The summed E-state index contributed by atoms with van der Waals surface area (Å²) in [6.45, 7) is 7.38. The molecule has 0 saturated carbocycles. The number of hydrogen-bond acceptors (Lipinski definition) is 7. The molecule has 1 aromatic rings. The lowest BCUT2D eigenvalue weighted by Crippen LogP contribution is -2.37. The second-order valence-corrected chi connectivity index (χ2v) is 4.97. The molecule has 0 aliphatic carbocycles. The summed E-state index contributed by atoms with van der Waals surface area (Å²) in [7, 11) is 1.82. The Kier molecular flexibility index (Phi) is 5.34. The van der Waals surface area contributed by atoms with Crippen molar-refractivity contribution in [2.45, 2.75) is 32.7 Å². The molecule has 0 radical (unpaired) electrons. The first-order chi connectivity index (χ1) is 9.72. The number of rotatable bonds is 6. The smallest absolute Gasteiger partial charge is 0.232 e. The van der Waals surface area contributed by atoms with Crippen molar-refractivity contribution in [2.75, 3.05) is 48.9 Å². The topological polar surface area (TPSA) is 75.2 Å². The molecule has 7 heteroatoms. The van der Waals surface area contributed by atoms with Crippen LogP contribution in [0.3, 0.4) is 0 Å². The van der Waals surface area contributed by atoms with Crippen molar-refractivity contribution in [2.24, 2.45) is 0 Å². The summed E-state index contributed by atoms with van der Waals surface area (Å²) < 4.78 is 5.36. The summed E-state index contributed by atoms with van der Waals surface area (Å²) in [5.74, 6) is 1.93. The number of nitrogens with one attached hydrogen (secondary N) is 2. The van der Waals surface area contributed by atoms with E-state index in [1.165, 1.54) is 0 Å². The molecule has 0 spiro atoms. The van der Waals surface area contributed by atoms with Crippen LogP contribution in [0.25, 0.3) is 0 Å². The second-order valence-electron chi connectivity index (χ2n) is 4.97. The van der Waals surface area contributed by atoms with Crippen molar-refractivity contribution in [1.29, 1.82) is 0 Å². The largest absolute Gasteiger partial charge is 0.378 e. The molecular formula is C13H24N6O. The maximum Gasteiger partial charge on any atom is 0.232 e. The Hall–Kier alpha value is -1.63. The Morgan fingerprint density at radius 3 is 2.55 bits per heavy atom. The first kappa shape index (κ1) is 14.8. The monoisotopic (exact) mass is 280 g/mol. The van der Waals surface area contributed by atoms with Gasteiger partial charge in [0.25, 0.3) is 0 Å². The van der Waals surface area contributed by atoms with Crippen LogP contribution >= 0.6 is 0 Å². The number of hydrogen-bond donors (Lipinski definition) is 2. The Morgan fingerprint density at radius 2 is 1.90 bits per heavy atom. The Balaban J connectivity index is 2.14. The van der Waals surface area contributed by atoms with Crippen molar-refractivity contribution in [1.82, 2.24) is 15.0 Å². The van der Waals surface area contributed by atoms with Gasteiger partial charge in [-0.25, -0.2) is 0 Å². The number of aromatic nitrogens is 3. The fourth-order valence-corrected chi connectivity index (χ4v) is 2.17. The van der Waals surface area contributed by atoms with Gasteiger partial charge in [0.05, 0.1) is 13.2 Å². The van der Waals surface area contributed by atoms with Gasteiger partial charge in [0, 0.05) is 26.2 Å². The van der Waals surface area contributed by atoms with Crippen molar-refractivity contribution in [3.8, 4) is 0 Å². The van der Waals surface area contributed by atoms with Crippen molar-refractivity contribution in [3.63, 3.8) is 0 Å². The lowest BCUT2D eigenvalue weighted by molar-refractivity contribution is 0.122. The van der Waals surface area contributed by atoms with E-state index in [0.29, 0.717) is 23.9 Å². The summed E-state index contributed by atoms with van der Waals surface area (Å²) in [6.07, 6.45) is 2.22. The average Bonchev–Trinajstić information content (AvgIpc) is 2.48. The Labute approximate surface area is 120 Å². The molecule has 0 bridgehead atoms. The molecule has 1 aliphatic heterocycles. The summed E-state index contributed by atoms with van der Waals surface area (Å²) >= 11 is 0. The molecule has 2 N–H and O–H groups in total. The summed E-state index contributed by atoms with van der Waals surface area (Å²) in [6, 6.07) is 0.352. The predicted molar refractivity (Wildman–Crippen MR) is 80.4 cm³/mol. The molecule has 1 unspecified atom stereocenters. The molecular weight excluding hydrogens is 256 g/mol. The molecule has 112 valence electrons. The predicted octanol–water partition coefficient (Wildman–Crippen LogP) is 1.35. The lowest BCUT2D eigenvalue weighted by atomic mass is 10.2. The first-order valence-corrected chi connectivity index (χ1v) is 7.26. The highest BCUT2D eigenvalue weighted by molar-refractivity contribution is 5.44. The van der Waals surface area contributed by atoms with E-state index < -0.39 is 0 Å². The number of anilines is 3. The van der Waals surface area contributed by atoms with Crippen LogP contribution in [0.1, 0.15) is 26.7 Å². The van der Waals surface area contributed by atoms with Gasteiger partial charge in [0.2, 0.25) is 17.8 Å². The Bertz CT molecular complexity index is 421. The quantitative estimate of drug-likeness (QED) is 0.814. The van der Waals surface area contributed by atoms with Gasteiger partial charge >= 0.3 is 0 Å². The first-order valence-electron chi connectivity index (χ1n) is 7.26. The van der Waals surface area contributed by atoms with E-state index in [1.807, 2.05) is 7.05 Å². The zero-order chi connectivity index (χ0) is 14.4. The minimum Gasteiger partial charge on any atom is -0.378 e. The molecule has 2 rings (SSSR count). The third-order valence-corrected chi connectivity index (χ3v) is 3.24. The third-order valence-electron chi connectivity index (χ3n) is 3.24. The van der Waals surface area contributed by atoms with Gasteiger partial charge in [0.15, 0.2) is 0 Å². The second kappa shape index (κ2) is 7.23. The summed E-state index contributed by atoms with van der Waals surface area (Å²) in [5.41, 5.74) is 0. The van der Waals surface area contributed by atoms with E-state index in [-0.39, 0.29) is 0 Å². The van der Waals surface area contributed by atoms with Crippen LogP contribution in [0.2, 0.25) is 0 Å². The van der Waals surface area contributed by atoms with Gasteiger partial charge in [-0.3, -0.25) is 0 Å². The van der Waals surface area contributed by atoms with Crippen LogP contribution in [0.15, 0.2) is 0 Å². The fraction of sp³-hybridized carbons (Fsp3) is 0.769. The molecule has 1 aliphatic rings. The van der Waals surface area contributed by atoms with Crippen LogP contribution in [0.4, 0.5) is 17.8 Å². The highest BCUT2D eigenvalue weighted by atomic mass is 16.5. The van der Waals surface area contributed by atoms with Crippen LogP contribution in [0.5, 0.6) is 0 Å². The molecule has 1 fully saturated rings. The van der Waals surface area contributed by atoms with Crippen LogP contribution in [-0.4, -0.2) is 54.3 Å². The summed E-state index contributed by atoms with van der Waals surface area (Å²) in [5, 5.41) is 6.33. The lowest BCUT2D eigenvalue weighted by Gasteiger charge is -2.27. The fourth-order valence-electron chi connectivity index (χ4n) is 2.17. The number of ether oxygens (including phenoxy) is 1. The van der Waals surface area contributed by atoms with Crippen LogP contribution in [-0.2, 0) is 4.74 Å². The van der Waals surface area contributed by atoms with Gasteiger partial charge in [-0.1, -0.05) is 13.3 Å². The molecule has 0 aromatic carbocycles. The average molecular weight is 280 g/mol. The minimum atomic E-state index is 0.352. The SMILES string of the molecule is CCCC(C)Nc1nc(NC)nc(N2CCOCC2)n1. The van der Waals surface area contributed by atoms with Crippen molar-refractivity contribution < 1.29 is 4.74 Å². The number of morpholine rings is 1. The normalized spacial score (nSPS) is 16.9. The van der Waals surface area contributed by atoms with E-state index >= 15 is 0 Å². The molecule has 20 heavy (non-hydrogen) atoms. The highest BCUT2D eigenvalue weighted by Crippen LogP contribution is 2.15. The molecule has 2 heterocycles. The molecule has 1 aromatic heterocycles. The van der Waals surface area contributed by atoms with Gasteiger partial charge in [-0.15, -0.1) is 0 Å². The van der Waals surface area contributed by atoms with E-state index in [2.05, 4.69) is 44.3 Å². The van der Waals surface area contributed by atoms with E-state index in [9.17, 15) is 0 Å². The van der Waals surface area contributed by atoms with Crippen LogP contribution in [0, 0.1) is 0 Å². The van der Waals surface area contributed by atoms with Gasteiger partial charge in [0.1, 0.15) is 0 Å². The van der Waals surface area contributed by atoms with Gasteiger partial charge < -0.3 is 20.3 Å². The van der Waals surface area contributed by atoms with Crippen LogP contribution < -0.4 is 15.5 Å². The molecule has 1 saturated heterocycles.